The van der Waals surface area contributed by atoms with Gasteiger partial charge in [-0.15, -0.1) is 0 Å². The van der Waals surface area contributed by atoms with Crippen molar-refractivity contribution in [3.63, 3.8) is 0 Å². The SMILES string of the molecule is CCc1ccccc1N1C[C@H](C(=O)OCc2nc(-c3ccc(F)cc3)no2)CC1=O. The van der Waals surface area contributed by atoms with Gasteiger partial charge in [0.05, 0.1) is 5.92 Å². The van der Waals surface area contributed by atoms with Crippen LogP contribution in [0.15, 0.2) is 53.1 Å². The molecular formula is C22H20FN3O4. The molecule has 7 nitrogen and oxygen atoms in total. The van der Waals surface area contributed by atoms with Gasteiger partial charge in [0.2, 0.25) is 11.7 Å². The Hall–Kier alpha value is -3.55. The maximum absolute atomic E-state index is 13.0. The second-order valence-corrected chi connectivity index (χ2v) is 7.01. The Labute approximate surface area is 172 Å². The van der Waals surface area contributed by atoms with Crippen LogP contribution in [0, 0.1) is 11.7 Å². The molecule has 2 aromatic carbocycles. The molecule has 0 unspecified atom stereocenters. The summed E-state index contributed by atoms with van der Waals surface area (Å²) in [6.07, 6.45) is 0.893. The first-order valence-electron chi connectivity index (χ1n) is 9.68. The van der Waals surface area contributed by atoms with E-state index in [9.17, 15) is 14.0 Å². The molecule has 0 N–H and O–H groups in total. The van der Waals surface area contributed by atoms with Gasteiger partial charge in [0.15, 0.2) is 6.61 Å². The third kappa shape index (κ3) is 4.07. The summed E-state index contributed by atoms with van der Waals surface area (Å²) in [5.74, 6) is -1.10. The predicted octanol–water partition coefficient (Wildman–Crippen LogP) is 3.53. The smallest absolute Gasteiger partial charge is 0.311 e. The van der Waals surface area contributed by atoms with Crippen LogP contribution in [0.5, 0.6) is 0 Å². The number of aromatic nitrogens is 2. The van der Waals surface area contributed by atoms with Crippen molar-refractivity contribution in [3.8, 4) is 11.4 Å². The van der Waals surface area contributed by atoms with E-state index in [2.05, 4.69) is 10.1 Å². The molecule has 8 heteroatoms. The molecule has 1 atom stereocenters. The zero-order valence-electron chi connectivity index (χ0n) is 16.4. The Morgan fingerprint density at radius 2 is 2.00 bits per heavy atom. The molecule has 1 saturated heterocycles. The van der Waals surface area contributed by atoms with E-state index in [1.807, 2.05) is 31.2 Å². The van der Waals surface area contributed by atoms with Crippen molar-refractivity contribution in [1.82, 2.24) is 10.1 Å². The molecule has 30 heavy (non-hydrogen) atoms. The minimum Gasteiger partial charge on any atom is -0.455 e. The molecule has 1 aliphatic rings. The number of carbonyl (C=O) groups excluding carboxylic acids is 2. The normalized spacial score (nSPS) is 16.1. The number of esters is 1. The van der Waals surface area contributed by atoms with Crippen LogP contribution in [-0.4, -0.2) is 28.6 Å². The lowest BCUT2D eigenvalue weighted by atomic mass is 10.1. The van der Waals surface area contributed by atoms with E-state index >= 15 is 0 Å². The molecule has 1 fully saturated rings. The van der Waals surface area contributed by atoms with Crippen LogP contribution >= 0.6 is 0 Å². The monoisotopic (exact) mass is 409 g/mol. The molecule has 0 saturated carbocycles. The second kappa shape index (κ2) is 8.44. The van der Waals surface area contributed by atoms with E-state index in [1.165, 1.54) is 24.3 Å². The van der Waals surface area contributed by atoms with Gasteiger partial charge in [0.1, 0.15) is 5.82 Å². The summed E-state index contributed by atoms with van der Waals surface area (Å²) >= 11 is 0. The fourth-order valence-electron chi connectivity index (χ4n) is 3.45. The average molecular weight is 409 g/mol. The first-order valence-corrected chi connectivity index (χ1v) is 9.68. The molecule has 4 rings (SSSR count). The molecule has 3 aromatic rings. The topological polar surface area (TPSA) is 85.5 Å². The minimum absolute atomic E-state index is 0.0988. The maximum atomic E-state index is 13.0. The number of rotatable bonds is 6. The van der Waals surface area contributed by atoms with Crippen LogP contribution in [0.25, 0.3) is 11.4 Å². The van der Waals surface area contributed by atoms with E-state index in [1.54, 1.807) is 4.90 Å². The number of ether oxygens (including phenoxy) is 1. The van der Waals surface area contributed by atoms with Crippen molar-refractivity contribution in [3.05, 3.63) is 65.8 Å². The van der Waals surface area contributed by atoms with E-state index in [0.717, 1.165) is 17.7 Å². The number of halogens is 1. The van der Waals surface area contributed by atoms with Gasteiger partial charge in [-0.1, -0.05) is 30.3 Å². The number of para-hydroxylation sites is 1. The molecule has 0 radical (unpaired) electrons. The standard InChI is InChI=1S/C22H20FN3O4/c1-2-14-5-3-4-6-18(14)26-12-16(11-20(26)27)22(28)29-13-19-24-21(25-30-19)15-7-9-17(23)10-8-15/h3-10,16H,2,11-13H2,1H3/t16-/m1/s1. The van der Waals surface area contributed by atoms with E-state index in [-0.39, 0.29) is 43.0 Å². The fraction of sp³-hybridized carbons (Fsp3) is 0.273. The maximum Gasteiger partial charge on any atom is 0.311 e. The highest BCUT2D eigenvalue weighted by Gasteiger charge is 2.37. The van der Waals surface area contributed by atoms with Gasteiger partial charge in [0, 0.05) is 24.2 Å². The number of anilines is 1. The molecule has 0 aliphatic carbocycles. The summed E-state index contributed by atoms with van der Waals surface area (Å²) in [4.78, 5) is 30.7. The molecule has 0 spiro atoms. The molecule has 1 aromatic heterocycles. The average Bonchev–Trinajstić information content (AvgIpc) is 3.39. The number of benzene rings is 2. The van der Waals surface area contributed by atoms with Crippen molar-refractivity contribution < 1.29 is 23.2 Å². The first kappa shape index (κ1) is 19.8. The van der Waals surface area contributed by atoms with Crippen molar-refractivity contribution in [1.29, 1.82) is 0 Å². The number of hydrogen-bond donors (Lipinski definition) is 0. The number of amides is 1. The lowest BCUT2D eigenvalue weighted by Gasteiger charge is -2.19. The Morgan fingerprint density at radius 3 is 2.77 bits per heavy atom. The Bertz CT molecular complexity index is 1060. The summed E-state index contributed by atoms with van der Waals surface area (Å²) in [6, 6.07) is 13.3. The van der Waals surface area contributed by atoms with Gasteiger partial charge in [-0.3, -0.25) is 9.59 Å². The number of aryl methyl sites for hydroxylation is 1. The van der Waals surface area contributed by atoms with Gasteiger partial charge < -0.3 is 14.2 Å². The van der Waals surface area contributed by atoms with E-state index in [0.29, 0.717) is 5.56 Å². The zero-order valence-corrected chi connectivity index (χ0v) is 16.4. The van der Waals surface area contributed by atoms with Crippen molar-refractivity contribution in [2.24, 2.45) is 5.92 Å². The number of hydrogen-bond acceptors (Lipinski definition) is 6. The summed E-state index contributed by atoms with van der Waals surface area (Å²) < 4.78 is 23.4. The van der Waals surface area contributed by atoms with Crippen molar-refractivity contribution >= 4 is 17.6 Å². The molecule has 1 amide bonds. The highest BCUT2D eigenvalue weighted by Crippen LogP contribution is 2.29. The van der Waals surface area contributed by atoms with Crippen LogP contribution in [0.2, 0.25) is 0 Å². The third-order valence-electron chi connectivity index (χ3n) is 5.03. The Balaban J connectivity index is 1.37. The minimum atomic E-state index is -0.554. The Morgan fingerprint density at radius 1 is 1.23 bits per heavy atom. The Kier molecular flexibility index (Phi) is 5.56. The molecule has 1 aliphatic heterocycles. The van der Waals surface area contributed by atoms with Crippen LogP contribution in [-0.2, 0) is 27.4 Å². The fourth-order valence-corrected chi connectivity index (χ4v) is 3.45. The van der Waals surface area contributed by atoms with Crippen LogP contribution in [0.4, 0.5) is 10.1 Å². The second-order valence-electron chi connectivity index (χ2n) is 7.01. The van der Waals surface area contributed by atoms with E-state index < -0.39 is 11.9 Å². The molecule has 154 valence electrons. The van der Waals surface area contributed by atoms with Crippen LogP contribution in [0.1, 0.15) is 24.8 Å². The van der Waals surface area contributed by atoms with Crippen LogP contribution in [0.3, 0.4) is 0 Å². The summed E-state index contributed by atoms with van der Waals surface area (Å²) in [5.41, 5.74) is 2.48. The first-order chi connectivity index (χ1) is 14.5. The molecule has 2 heterocycles. The van der Waals surface area contributed by atoms with E-state index in [4.69, 9.17) is 9.26 Å². The van der Waals surface area contributed by atoms with Crippen molar-refractivity contribution in [2.75, 3.05) is 11.4 Å². The lowest BCUT2D eigenvalue weighted by Crippen LogP contribution is -2.27. The molecular weight excluding hydrogens is 389 g/mol. The summed E-state index contributed by atoms with van der Waals surface area (Å²) in [5, 5.41) is 3.81. The molecule has 0 bridgehead atoms. The van der Waals surface area contributed by atoms with Gasteiger partial charge in [-0.2, -0.15) is 4.98 Å². The largest absolute Gasteiger partial charge is 0.455 e. The number of nitrogens with zero attached hydrogens (tertiary/aromatic N) is 3. The summed E-state index contributed by atoms with van der Waals surface area (Å²) in [7, 11) is 0. The summed E-state index contributed by atoms with van der Waals surface area (Å²) in [6.45, 7) is 2.11. The lowest BCUT2D eigenvalue weighted by molar-refractivity contribution is -0.150. The van der Waals surface area contributed by atoms with Crippen LogP contribution < -0.4 is 4.90 Å². The van der Waals surface area contributed by atoms with Gasteiger partial charge >= 0.3 is 5.97 Å². The highest BCUT2D eigenvalue weighted by molar-refractivity contribution is 6.00. The predicted molar refractivity (Wildman–Crippen MR) is 106 cm³/mol. The van der Waals surface area contributed by atoms with Crippen molar-refractivity contribution in [2.45, 2.75) is 26.4 Å². The van der Waals surface area contributed by atoms with Gasteiger partial charge in [-0.05, 0) is 42.3 Å². The van der Waals surface area contributed by atoms with Gasteiger partial charge in [0.25, 0.3) is 5.89 Å². The quantitative estimate of drug-likeness (QED) is 0.579. The highest BCUT2D eigenvalue weighted by atomic mass is 19.1. The number of carbonyl (C=O) groups is 2. The van der Waals surface area contributed by atoms with Gasteiger partial charge in [-0.25, -0.2) is 4.39 Å². The third-order valence-corrected chi connectivity index (χ3v) is 5.03. The zero-order chi connectivity index (χ0) is 21.1.